The van der Waals surface area contributed by atoms with E-state index >= 15 is 4.39 Å². The topological polar surface area (TPSA) is 54.4 Å². The second-order valence-corrected chi connectivity index (χ2v) is 12.6. The third-order valence-corrected chi connectivity index (χ3v) is 9.73. The van der Waals surface area contributed by atoms with Gasteiger partial charge in [0.2, 0.25) is 0 Å². The van der Waals surface area contributed by atoms with Crippen LogP contribution in [0.15, 0.2) is 79.0 Å². The molecule has 5 aromatic rings. The molecule has 2 aromatic heterocycles. The first kappa shape index (κ1) is 26.5. The third kappa shape index (κ3) is 5.10. The molecule has 4 heterocycles. The van der Waals surface area contributed by atoms with Crippen LogP contribution in [0.25, 0.3) is 32.9 Å². The minimum atomic E-state index is -0.422. The Bertz CT molecular complexity index is 1760. The zero-order valence-corrected chi connectivity index (χ0v) is 24.3. The molecule has 3 fully saturated rings. The number of halogens is 1. The monoisotopic (exact) mass is 573 g/mol. The zero-order chi connectivity index (χ0) is 28.8. The number of fused-ring (bicyclic) bond motifs is 4. The van der Waals surface area contributed by atoms with Gasteiger partial charge in [0.25, 0.3) is 0 Å². The lowest BCUT2D eigenvalue weighted by Gasteiger charge is -2.33. The molecule has 0 N–H and O–H groups in total. The number of likely N-dealkylation sites (tertiary alicyclic amines) is 1. The van der Waals surface area contributed by atoms with Crippen molar-refractivity contribution in [3.8, 4) is 17.3 Å². The predicted molar refractivity (Wildman–Crippen MR) is 169 cm³/mol. The highest BCUT2D eigenvalue weighted by atomic mass is 19.1. The Kier molecular flexibility index (Phi) is 6.90. The fraction of sp³-hybridized carbons (Fsp3) is 0.361. The summed E-state index contributed by atoms with van der Waals surface area (Å²) in [5.41, 5.74) is 2.65. The van der Waals surface area contributed by atoms with Crippen molar-refractivity contribution < 1.29 is 9.13 Å². The number of benzene rings is 3. The Balaban J connectivity index is 1.16. The molecule has 3 aromatic carbocycles. The first-order valence-electron chi connectivity index (χ1n) is 15.7. The summed E-state index contributed by atoms with van der Waals surface area (Å²) in [6.45, 7) is 4.28. The lowest BCUT2D eigenvalue weighted by atomic mass is 9.98. The summed E-state index contributed by atoms with van der Waals surface area (Å²) < 4.78 is 22.9. The van der Waals surface area contributed by atoms with Crippen LogP contribution in [0.2, 0.25) is 0 Å². The van der Waals surface area contributed by atoms with E-state index in [9.17, 15) is 0 Å². The van der Waals surface area contributed by atoms with E-state index in [1.54, 1.807) is 6.20 Å². The number of rotatable bonds is 7. The molecule has 0 amide bonds. The van der Waals surface area contributed by atoms with Gasteiger partial charge in [-0.05, 0) is 66.8 Å². The number of pyridine rings is 1. The largest absolute Gasteiger partial charge is 0.462 e. The van der Waals surface area contributed by atoms with Crippen molar-refractivity contribution in [1.82, 2.24) is 19.9 Å². The fourth-order valence-corrected chi connectivity index (χ4v) is 7.61. The predicted octanol–water partition coefficient (Wildman–Crippen LogP) is 7.26. The number of hydrogen-bond acceptors (Lipinski definition) is 6. The smallest absolute Gasteiger partial charge is 0.319 e. The molecule has 7 heteroatoms. The summed E-state index contributed by atoms with van der Waals surface area (Å²) in [4.78, 5) is 19.2. The molecular weight excluding hydrogens is 537 g/mol. The van der Waals surface area contributed by atoms with Gasteiger partial charge in [0, 0.05) is 37.4 Å². The molecule has 2 unspecified atom stereocenters. The van der Waals surface area contributed by atoms with E-state index in [4.69, 9.17) is 19.7 Å². The normalized spacial score (nSPS) is 22.1. The van der Waals surface area contributed by atoms with Crippen molar-refractivity contribution in [2.45, 2.75) is 44.7 Å². The summed E-state index contributed by atoms with van der Waals surface area (Å²) in [5, 5.41) is 2.67. The highest BCUT2D eigenvalue weighted by Crippen LogP contribution is 2.41. The number of anilines is 1. The number of piperidine rings is 1. The van der Waals surface area contributed by atoms with Gasteiger partial charge >= 0.3 is 6.01 Å². The molecular formula is C36H36FN5O. The van der Waals surface area contributed by atoms with Crippen molar-refractivity contribution in [2.75, 3.05) is 31.1 Å². The molecule has 2 saturated heterocycles. The Morgan fingerprint density at radius 2 is 1.63 bits per heavy atom. The Morgan fingerprint density at radius 3 is 2.49 bits per heavy atom. The van der Waals surface area contributed by atoms with Gasteiger partial charge in [-0.15, -0.1) is 0 Å². The minimum absolute atomic E-state index is 0.251. The maximum atomic E-state index is 16.6. The second-order valence-electron chi connectivity index (χ2n) is 12.6. The van der Waals surface area contributed by atoms with Crippen LogP contribution in [-0.4, -0.2) is 52.1 Å². The average molecular weight is 574 g/mol. The highest BCUT2D eigenvalue weighted by Gasteiger charge is 2.35. The van der Waals surface area contributed by atoms with Crippen LogP contribution in [-0.2, 0) is 6.54 Å². The minimum Gasteiger partial charge on any atom is -0.462 e. The van der Waals surface area contributed by atoms with Gasteiger partial charge in [0.05, 0.1) is 5.39 Å². The lowest BCUT2D eigenvalue weighted by Crippen LogP contribution is -2.37. The van der Waals surface area contributed by atoms with Crippen molar-refractivity contribution in [1.29, 1.82) is 0 Å². The van der Waals surface area contributed by atoms with Gasteiger partial charge in [-0.25, -0.2) is 4.39 Å². The molecule has 43 heavy (non-hydrogen) atoms. The number of ether oxygens (including phenoxy) is 1. The van der Waals surface area contributed by atoms with E-state index in [-0.39, 0.29) is 17.6 Å². The highest BCUT2D eigenvalue weighted by molar-refractivity contribution is 5.99. The van der Waals surface area contributed by atoms with Gasteiger partial charge in [-0.1, -0.05) is 72.8 Å². The van der Waals surface area contributed by atoms with Gasteiger partial charge in [0.15, 0.2) is 5.82 Å². The number of hydrogen-bond donors (Lipinski definition) is 0. The van der Waals surface area contributed by atoms with Crippen LogP contribution in [0, 0.1) is 17.7 Å². The van der Waals surface area contributed by atoms with E-state index in [1.165, 1.54) is 24.8 Å². The number of aromatic nitrogens is 3. The summed E-state index contributed by atoms with van der Waals surface area (Å²) in [6, 6.07) is 25.0. The molecule has 0 radical (unpaired) electrons. The van der Waals surface area contributed by atoms with Gasteiger partial charge in [-0.2, -0.15) is 9.97 Å². The van der Waals surface area contributed by atoms with Crippen molar-refractivity contribution in [3.05, 3.63) is 90.4 Å². The van der Waals surface area contributed by atoms with Crippen LogP contribution in [0.1, 0.15) is 37.7 Å². The summed E-state index contributed by atoms with van der Waals surface area (Å²) in [5.74, 6) is 1.64. The maximum Gasteiger partial charge on any atom is 0.319 e. The van der Waals surface area contributed by atoms with Gasteiger partial charge in [-0.3, -0.25) is 9.88 Å². The zero-order valence-electron chi connectivity index (χ0n) is 24.3. The fourth-order valence-electron chi connectivity index (χ4n) is 7.61. The molecule has 2 aliphatic heterocycles. The molecule has 1 saturated carbocycles. The standard InChI is InChI=1S/C36H36FN5O/c37-32-33(30-14-6-11-27-10-4-5-13-29(27)30)38-19-31-34(32)39-36(40-35(31)42-21-25-15-16-26(18-25)22-42)43-23-28-12-7-17-41(28)20-24-8-2-1-3-9-24/h1-6,8-11,13-14,19,25-26,28H,7,12,15-18,20-23H2/t25?,26?,28-/m0/s1. The van der Waals surface area contributed by atoms with Crippen molar-refractivity contribution >= 4 is 27.5 Å². The molecule has 3 atom stereocenters. The average Bonchev–Trinajstić information content (AvgIpc) is 3.64. The van der Waals surface area contributed by atoms with Crippen LogP contribution in [0.3, 0.4) is 0 Å². The second kappa shape index (κ2) is 11.2. The molecule has 0 spiro atoms. The van der Waals surface area contributed by atoms with Gasteiger partial charge in [0.1, 0.15) is 23.6 Å². The van der Waals surface area contributed by atoms with Crippen LogP contribution in [0.4, 0.5) is 10.2 Å². The summed E-state index contributed by atoms with van der Waals surface area (Å²) in [6.07, 6.45) is 7.75. The SMILES string of the molecule is Fc1c(-c2cccc3ccccc23)ncc2c(N3CC4CCC(C4)C3)nc(OC[C@@H]3CCCN3Cc3ccccc3)nc12. The number of nitrogens with zero attached hydrogens (tertiary/aromatic N) is 5. The molecule has 8 rings (SSSR count). The summed E-state index contributed by atoms with van der Waals surface area (Å²) in [7, 11) is 0. The van der Waals surface area contributed by atoms with E-state index in [2.05, 4.69) is 40.1 Å². The first-order chi connectivity index (χ1) is 21.2. The molecule has 2 bridgehead atoms. The Hall–Kier alpha value is -4.10. The Morgan fingerprint density at radius 1 is 0.837 bits per heavy atom. The molecule has 218 valence electrons. The van der Waals surface area contributed by atoms with Crippen molar-refractivity contribution in [2.24, 2.45) is 11.8 Å². The lowest BCUT2D eigenvalue weighted by molar-refractivity contribution is 0.160. The van der Waals surface area contributed by atoms with E-state index < -0.39 is 5.82 Å². The Labute approximate surface area is 251 Å². The van der Waals surface area contributed by atoms with Crippen molar-refractivity contribution in [3.63, 3.8) is 0 Å². The van der Waals surface area contributed by atoms with Crippen LogP contribution >= 0.6 is 0 Å². The van der Waals surface area contributed by atoms with E-state index in [0.717, 1.165) is 61.2 Å². The molecule has 1 aliphatic carbocycles. The summed E-state index contributed by atoms with van der Waals surface area (Å²) >= 11 is 0. The maximum absolute atomic E-state index is 16.6. The third-order valence-electron chi connectivity index (χ3n) is 9.73. The van der Waals surface area contributed by atoms with Crippen LogP contribution in [0.5, 0.6) is 6.01 Å². The quantitative estimate of drug-likeness (QED) is 0.204. The molecule has 6 nitrogen and oxygen atoms in total. The van der Waals surface area contributed by atoms with Crippen LogP contribution < -0.4 is 9.64 Å². The van der Waals surface area contributed by atoms with E-state index in [1.807, 2.05) is 42.5 Å². The van der Waals surface area contributed by atoms with Gasteiger partial charge < -0.3 is 9.64 Å². The molecule has 3 aliphatic rings. The first-order valence-corrected chi connectivity index (χ1v) is 15.7. The van der Waals surface area contributed by atoms with E-state index in [0.29, 0.717) is 29.5 Å².